The number of benzene rings is 1. The number of carbonyl (C=O) groups excluding carboxylic acids is 1. The van der Waals surface area contributed by atoms with E-state index in [2.05, 4.69) is 15.3 Å². The molecule has 2 heterocycles. The smallest absolute Gasteiger partial charge is 0.321 e. The summed E-state index contributed by atoms with van der Waals surface area (Å²) in [5.41, 5.74) is 2.69. The van der Waals surface area contributed by atoms with Crippen LogP contribution in [0.25, 0.3) is 11.4 Å². The Morgan fingerprint density at radius 3 is 2.39 bits per heavy atom. The van der Waals surface area contributed by atoms with Crippen LogP contribution in [0.2, 0.25) is 0 Å². The molecule has 1 aromatic carbocycles. The van der Waals surface area contributed by atoms with Crippen molar-refractivity contribution in [3.8, 4) is 11.4 Å². The highest BCUT2D eigenvalue weighted by Gasteiger charge is 2.15. The number of hydrogen-bond acceptors (Lipinski definition) is 3. The molecule has 5 nitrogen and oxygen atoms in total. The van der Waals surface area contributed by atoms with Crippen molar-refractivity contribution in [2.45, 2.75) is 32.6 Å². The lowest BCUT2D eigenvalue weighted by Crippen LogP contribution is -2.35. The fourth-order valence-electron chi connectivity index (χ4n) is 2.77. The summed E-state index contributed by atoms with van der Waals surface area (Å²) in [5, 5.41) is 2.98. The summed E-state index contributed by atoms with van der Waals surface area (Å²) in [5.74, 6) is 0.704. The zero-order valence-corrected chi connectivity index (χ0v) is 13.5. The fourth-order valence-corrected chi connectivity index (χ4v) is 2.77. The molecule has 5 heteroatoms. The number of rotatable bonds is 2. The summed E-state index contributed by atoms with van der Waals surface area (Å²) in [6, 6.07) is 9.54. The van der Waals surface area contributed by atoms with Crippen molar-refractivity contribution in [1.82, 2.24) is 14.9 Å². The van der Waals surface area contributed by atoms with Crippen molar-refractivity contribution < 1.29 is 4.79 Å². The monoisotopic (exact) mass is 310 g/mol. The third-order valence-electron chi connectivity index (χ3n) is 4.08. The minimum atomic E-state index is -0.00791. The van der Waals surface area contributed by atoms with E-state index in [0.29, 0.717) is 5.82 Å². The van der Waals surface area contributed by atoms with Gasteiger partial charge in [-0.25, -0.2) is 14.8 Å². The van der Waals surface area contributed by atoms with Crippen LogP contribution in [0, 0.1) is 6.92 Å². The maximum atomic E-state index is 12.3. The number of carbonyl (C=O) groups is 1. The normalized spacial score (nSPS) is 15.1. The number of nitrogens with one attached hydrogen (secondary N) is 1. The first-order valence-electron chi connectivity index (χ1n) is 8.18. The molecule has 3 rings (SSSR count). The lowest BCUT2D eigenvalue weighted by Gasteiger charge is -2.20. The zero-order valence-electron chi connectivity index (χ0n) is 13.5. The number of likely N-dealkylation sites (tertiary alicyclic amines) is 1. The molecular formula is C18H22N4O. The molecule has 0 aliphatic carbocycles. The third kappa shape index (κ3) is 4.06. The van der Waals surface area contributed by atoms with Crippen LogP contribution in [0.5, 0.6) is 0 Å². The van der Waals surface area contributed by atoms with E-state index in [-0.39, 0.29) is 6.03 Å². The van der Waals surface area contributed by atoms with Gasteiger partial charge in [-0.05, 0) is 50.1 Å². The molecule has 0 unspecified atom stereocenters. The maximum Gasteiger partial charge on any atom is 0.321 e. The van der Waals surface area contributed by atoms with E-state index in [0.717, 1.165) is 42.9 Å². The van der Waals surface area contributed by atoms with Crippen molar-refractivity contribution in [2.75, 3.05) is 18.4 Å². The van der Waals surface area contributed by atoms with E-state index in [1.807, 2.05) is 42.2 Å². The maximum absolute atomic E-state index is 12.3. The molecule has 1 N–H and O–H groups in total. The average molecular weight is 310 g/mol. The van der Waals surface area contributed by atoms with Crippen LogP contribution in [-0.2, 0) is 0 Å². The van der Waals surface area contributed by atoms with Crippen LogP contribution in [0.1, 0.15) is 31.4 Å². The first-order valence-corrected chi connectivity index (χ1v) is 8.18. The number of hydrogen-bond donors (Lipinski definition) is 1. The summed E-state index contributed by atoms with van der Waals surface area (Å²) >= 11 is 0. The Morgan fingerprint density at radius 2 is 1.74 bits per heavy atom. The number of urea groups is 1. The van der Waals surface area contributed by atoms with Crippen LogP contribution in [0.15, 0.2) is 36.5 Å². The summed E-state index contributed by atoms with van der Waals surface area (Å²) in [6.07, 6.45) is 6.38. The number of nitrogens with zero attached hydrogens (tertiary/aromatic N) is 3. The second-order valence-corrected chi connectivity index (χ2v) is 5.93. The Morgan fingerprint density at radius 1 is 1.04 bits per heavy atom. The Kier molecular flexibility index (Phi) is 4.86. The second kappa shape index (κ2) is 7.22. The average Bonchev–Trinajstić information content (AvgIpc) is 2.85. The molecule has 1 aromatic heterocycles. The molecule has 1 aliphatic heterocycles. The van der Waals surface area contributed by atoms with E-state index in [1.54, 1.807) is 6.20 Å². The van der Waals surface area contributed by atoms with Gasteiger partial charge in [0.1, 0.15) is 0 Å². The topological polar surface area (TPSA) is 58.1 Å². The highest BCUT2D eigenvalue weighted by Crippen LogP contribution is 2.19. The minimum Gasteiger partial charge on any atom is -0.325 e. The molecule has 0 spiro atoms. The first-order chi connectivity index (χ1) is 11.2. The quantitative estimate of drug-likeness (QED) is 0.916. The molecule has 2 aromatic rings. The molecule has 23 heavy (non-hydrogen) atoms. The zero-order chi connectivity index (χ0) is 16.1. The van der Waals surface area contributed by atoms with Gasteiger partial charge in [0, 0.05) is 36.2 Å². The van der Waals surface area contributed by atoms with E-state index < -0.39 is 0 Å². The Hall–Kier alpha value is -2.43. The highest BCUT2D eigenvalue weighted by atomic mass is 16.2. The Labute approximate surface area is 136 Å². The first kappa shape index (κ1) is 15.5. The van der Waals surface area contributed by atoms with Crippen LogP contribution in [0.4, 0.5) is 10.5 Å². The molecule has 120 valence electrons. The predicted octanol–water partition coefficient (Wildman–Crippen LogP) is 3.86. The van der Waals surface area contributed by atoms with Gasteiger partial charge in [-0.15, -0.1) is 0 Å². The summed E-state index contributed by atoms with van der Waals surface area (Å²) in [4.78, 5) is 22.9. The van der Waals surface area contributed by atoms with Gasteiger partial charge >= 0.3 is 6.03 Å². The van der Waals surface area contributed by atoms with Gasteiger partial charge in [0.05, 0.1) is 0 Å². The van der Waals surface area contributed by atoms with Crippen LogP contribution in [0.3, 0.4) is 0 Å². The predicted molar refractivity (Wildman–Crippen MR) is 91.3 cm³/mol. The molecule has 0 radical (unpaired) electrons. The molecule has 2 amide bonds. The van der Waals surface area contributed by atoms with E-state index in [1.165, 1.54) is 12.8 Å². The largest absolute Gasteiger partial charge is 0.325 e. The van der Waals surface area contributed by atoms with Crippen molar-refractivity contribution in [1.29, 1.82) is 0 Å². The molecule has 0 saturated carbocycles. The fraction of sp³-hybridized carbons (Fsp3) is 0.389. The molecule has 0 bridgehead atoms. The Balaban J connectivity index is 1.66. The van der Waals surface area contributed by atoms with Gasteiger partial charge in [-0.2, -0.15) is 0 Å². The minimum absolute atomic E-state index is 0.00791. The summed E-state index contributed by atoms with van der Waals surface area (Å²) < 4.78 is 0. The third-order valence-corrected chi connectivity index (χ3v) is 4.08. The van der Waals surface area contributed by atoms with Crippen molar-refractivity contribution >= 4 is 11.7 Å². The van der Waals surface area contributed by atoms with Gasteiger partial charge in [-0.3, -0.25) is 0 Å². The highest BCUT2D eigenvalue weighted by molar-refractivity contribution is 5.89. The number of amides is 2. The van der Waals surface area contributed by atoms with E-state index in [9.17, 15) is 4.79 Å². The van der Waals surface area contributed by atoms with Gasteiger partial charge in [-0.1, -0.05) is 12.8 Å². The molecular weight excluding hydrogens is 288 g/mol. The standard InChI is InChI=1S/C18H22N4O/c1-14-10-11-19-17(20-14)15-6-8-16(9-7-15)21-18(23)22-12-4-2-3-5-13-22/h6-11H,2-5,12-13H2,1H3,(H,21,23). The molecule has 1 fully saturated rings. The Bertz CT molecular complexity index is 661. The molecule has 0 atom stereocenters. The van der Waals surface area contributed by atoms with Crippen LogP contribution < -0.4 is 5.32 Å². The van der Waals surface area contributed by atoms with Gasteiger partial charge in [0.25, 0.3) is 0 Å². The van der Waals surface area contributed by atoms with E-state index in [4.69, 9.17) is 0 Å². The SMILES string of the molecule is Cc1ccnc(-c2ccc(NC(=O)N3CCCCCC3)cc2)n1. The lowest BCUT2D eigenvalue weighted by atomic mass is 10.2. The van der Waals surface area contributed by atoms with Crippen LogP contribution >= 0.6 is 0 Å². The van der Waals surface area contributed by atoms with Crippen molar-refractivity contribution in [3.63, 3.8) is 0 Å². The molecule has 1 aliphatic rings. The lowest BCUT2D eigenvalue weighted by molar-refractivity contribution is 0.214. The number of aryl methyl sites for hydroxylation is 1. The summed E-state index contributed by atoms with van der Waals surface area (Å²) in [6.45, 7) is 3.64. The summed E-state index contributed by atoms with van der Waals surface area (Å²) in [7, 11) is 0. The second-order valence-electron chi connectivity index (χ2n) is 5.93. The van der Waals surface area contributed by atoms with Crippen LogP contribution in [-0.4, -0.2) is 34.0 Å². The number of aromatic nitrogens is 2. The van der Waals surface area contributed by atoms with Crippen molar-refractivity contribution in [3.05, 3.63) is 42.2 Å². The van der Waals surface area contributed by atoms with E-state index >= 15 is 0 Å². The van der Waals surface area contributed by atoms with Gasteiger partial charge < -0.3 is 10.2 Å². The molecule has 1 saturated heterocycles. The number of anilines is 1. The van der Waals surface area contributed by atoms with Crippen molar-refractivity contribution in [2.24, 2.45) is 0 Å². The van der Waals surface area contributed by atoms with Gasteiger partial charge in [0.15, 0.2) is 5.82 Å². The van der Waals surface area contributed by atoms with Gasteiger partial charge in [0.2, 0.25) is 0 Å².